The number of nitrogens with one attached hydrogen (secondary N) is 2. The molecular weight excluding hydrogens is 491 g/mol. The molecule has 0 radical (unpaired) electrons. The first-order valence-electron chi connectivity index (χ1n) is 10.3. The number of benzene rings is 2. The first kappa shape index (κ1) is 24.6. The predicted octanol–water partition coefficient (Wildman–Crippen LogP) is 3.02. The minimum atomic E-state index is 0. The number of aliphatic imine (C=N–C) groups is 1. The molecular formula is C23H33IN4O2. The summed E-state index contributed by atoms with van der Waals surface area (Å²) in [5.74, 6) is 0.827. The summed E-state index contributed by atoms with van der Waals surface area (Å²) in [4.78, 5) is 6.71. The molecule has 30 heavy (non-hydrogen) atoms. The van der Waals surface area contributed by atoms with E-state index in [1.807, 2.05) is 18.2 Å². The fourth-order valence-corrected chi connectivity index (χ4v) is 3.18. The highest BCUT2D eigenvalue weighted by Crippen LogP contribution is 2.08. The van der Waals surface area contributed by atoms with Gasteiger partial charge in [0.1, 0.15) is 0 Å². The van der Waals surface area contributed by atoms with Crippen LogP contribution in [0.25, 0.3) is 0 Å². The molecule has 0 unspecified atom stereocenters. The molecule has 0 atom stereocenters. The Morgan fingerprint density at radius 1 is 0.933 bits per heavy atom. The quantitative estimate of drug-likeness (QED) is 0.300. The van der Waals surface area contributed by atoms with Gasteiger partial charge < -0.3 is 20.1 Å². The van der Waals surface area contributed by atoms with E-state index in [0.29, 0.717) is 13.2 Å². The lowest BCUT2D eigenvalue weighted by Crippen LogP contribution is -2.44. The van der Waals surface area contributed by atoms with Crippen LogP contribution in [0.5, 0.6) is 0 Å². The number of hydrogen-bond acceptors (Lipinski definition) is 4. The van der Waals surface area contributed by atoms with E-state index in [4.69, 9.17) is 9.47 Å². The smallest absolute Gasteiger partial charge is 0.191 e. The summed E-state index contributed by atoms with van der Waals surface area (Å²) in [6, 6.07) is 18.8. The Balaban J connectivity index is 0.00000320. The third kappa shape index (κ3) is 8.99. The molecule has 0 aromatic heterocycles. The number of ether oxygens (including phenoxy) is 2. The van der Waals surface area contributed by atoms with Crippen molar-refractivity contribution in [2.45, 2.75) is 19.8 Å². The van der Waals surface area contributed by atoms with Gasteiger partial charge in [-0.25, -0.2) is 0 Å². The summed E-state index contributed by atoms with van der Waals surface area (Å²) < 4.78 is 11.2. The molecule has 2 aromatic carbocycles. The second-order valence-corrected chi connectivity index (χ2v) is 7.10. The summed E-state index contributed by atoms with van der Waals surface area (Å²) in [5, 5.41) is 6.75. The van der Waals surface area contributed by atoms with Crippen molar-refractivity contribution in [2.75, 3.05) is 46.4 Å². The molecule has 164 valence electrons. The first-order valence-corrected chi connectivity index (χ1v) is 10.3. The summed E-state index contributed by atoms with van der Waals surface area (Å²) in [6.45, 7) is 7.55. The lowest BCUT2D eigenvalue weighted by Gasteiger charge is -2.26. The standard InChI is InChI=1S/C23H32N4O2.HI/c1-24-23(25-11-12-27-13-15-28-16-14-27)26-17-20-7-9-22(10-8-20)19-29-18-21-5-3-2-4-6-21;/h2-10H,11-19H2,1H3,(H2,24,25,26);1H. The van der Waals surface area contributed by atoms with Gasteiger partial charge in [0.05, 0.1) is 26.4 Å². The van der Waals surface area contributed by atoms with E-state index in [2.05, 4.69) is 56.9 Å². The van der Waals surface area contributed by atoms with Crippen LogP contribution in [0.4, 0.5) is 0 Å². The van der Waals surface area contributed by atoms with Gasteiger partial charge in [0.2, 0.25) is 0 Å². The van der Waals surface area contributed by atoms with Crippen LogP contribution in [0.3, 0.4) is 0 Å². The normalized spacial score (nSPS) is 14.8. The number of hydrogen-bond donors (Lipinski definition) is 2. The second kappa shape index (κ2) is 14.3. The molecule has 1 aliphatic rings. The third-order valence-corrected chi connectivity index (χ3v) is 4.91. The van der Waals surface area contributed by atoms with Gasteiger partial charge in [0, 0.05) is 39.8 Å². The average molecular weight is 524 g/mol. The predicted molar refractivity (Wildman–Crippen MR) is 132 cm³/mol. The molecule has 0 saturated carbocycles. The number of guanidine groups is 1. The fraction of sp³-hybridized carbons (Fsp3) is 0.435. The number of halogens is 1. The Labute approximate surface area is 197 Å². The summed E-state index contributed by atoms with van der Waals surface area (Å²) >= 11 is 0. The van der Waals surface area contributed by atoms with Crippen LogP contribution in [0.2, 0.25) is 0 Å². The van der Waals surface area contributed by atoms with Crippen molar-refractivity contribution in [1.82, 2.24) is 15.5 Å². The molecule has 7 heteroatoms. The van der Waals surface area contributed by atoms with Crippen LogP contribution in [0.1, 0.15) is 16.7 Å². The van der Waals surface area contributed by atoms with E-state index >= 15 is 0 Å². The van der Waals surface area contributed by atoms with Crippen molar-refractivity contribution >= 4 is 29.9 Å². The largest absolute Gasteiger partial charge is 0.379 e. The van der Waals surface area contributed by atoms with Crippen LogP contribution in [0.15, 0.2) is 59.6 Å². The molecule has 1 saturated heterocycles. The highest BCUT2D eigenvalue weighted by molar-refractivity contribution is 14.0. The SMILES string of the molecule is CN=C(NCCN1CCOCC1)NCc1ccc(COCc2ccccc2)cc1.I. The van der Waals surface area contributed by atoms with Gasteiger partial charge in [-0.15, -0.1) is 24.0 Å². The maximum Gasteiger partial charge on any atom is 0.191 e. The highest BCUT2D eigenvalue weighted by Gasteiger charge is 2.09. The number of nitrogens with zero attached hydrogens (tertiary/aromatic N) is 2. The maximum atomic E-state index is 5.80. The fourth-order valence-electron chi connectivity index (χ4n) is 3.18. The Kier molecular flexibility index (Phi) is 11.8. The summed E-state index contributed by atoms with van der Waals surface area (Å²) in [5.41, 5.74) is 3.59. The van der Waals surface area contributed by atoms with E-state index in [1.54, 1.807) is 7.05 Å². The van der Waals surface area contributed by atoms with Gasteiger partial charge in [0.15, 0.2) is 5.96 Å². The van der Waals surface area contributed by atoms with Crippen molar-refractivity contribution in [3.8, 4) is 0 Å². The monoisotopic (exact) mass is 524 g/mol. The van der Waals surface area contributed by atoms with Gasteiger partial charge in [0.25, 0.3) is 0 Å². The molecule has 0 spiro atoms. The molecule has 0 aliphatic carbocycles. The van der Waals surface area contributed by atoms with Crippen LogP contribution in [-0.4, -0.2) is 57.3 Å². The Hall–Kier alpha value is -1.68. The Bertz CT molecular complexity index is 735. The molecule has 2 N–H and O–H groups in total. The highest BCUT2D eigenvalue weighted by atomic mass is 127. The number of rotatable bonds is 9. The van der Waals surface area contributed by atoms with Gasteiger partial charge in [-0.2, -0.15) is 0 Å². The summed E-state index contributed by atoms with van der Waals surface area (Å²) in [6.07, 6.45) is 0. The van der Waals surface area contributed by atoms with E-state index < -0.39 is 0 Å². The molecule has 1 aliphatic heterocycles. The molecule has 6 nitrogen and oxygen atoms in total. The lowest BCUT2D eigenvalue weighted by molar-refractivity contribution is 0.0389. The van der Waals surface area contributed by atoms with Crippen LogP contribution in [0, 0.1) is 0 Å². The van der Waals surface area contributed by atoms with Gasteiger partial charge in [-0.05, 0) is 16.7 Å². The van der Waals surface area contributed by atoms with Crippen molar-refractivity contribution in [3.63, 3.8) is 0 Å². The molecule has 0 bridgehead atoms. The zero-order valence-corrected chi connectivity index (χ0v) is 20.0. The van der Waals surface area contributed by atoms with E-state index in [1.165, 1.54) is 16.7 Å². The topological polar surface area (TPSA) is 58.1 Å². The zero-order valence-electron chi connectivity index (χ0n) is 17.7. The summed E-state index contributed by atoms with van der Waals surface area (Å²) in [7, 11) is 1.80. The maximum absolute atomic E-state index is 5.80. The molecule has 1 heterocycles. The van der Waals surface area contributed by atoms with Crippen LogP contribution in [-0.2, 0) is 29.2 Å². The van der Waals surface area contributed by atoms with Crippen molar-refractivity contribution < 1.29 is 9.47 Å². The average Bonchev–Trinajstić information content (AvgIpc) is 2.78. The molecule has 1 fully saturated rings. The number of morpholine rings is 1. The minimum Gasteiger partial charge on any atom is -0.379 e. The van der Waals surface area contributed by atoms with Crippen molar-refractivity contribution in [2.24, 2.45) is 4.99 Å². The Morgan fingerprint density at radius 2 is 1.57 bits per heavy atom. The zero-order chi connectivity index (χ0) is 20.2. The first-order chi connectivity index (χ1) is 14.3. The van der Waals surface area contributed by atoms with Gasteiger partial charge in [-0.3, -0.25) is 9.89 Å². The minimum absolute atomic E-state index is 0. The van der Waals surface area contributed by atoms with E-state index in [-0.39, 0.29) is 24.0 Å². The van der Waals surface area contributed by atoms with Crippen molar-refractivity contribution in [1.29, 1.82) is 0 Å². The van der Waals surface area contributed by atoms with Gasteiger partial charge >= 0.3 is 0 Å². The Morgan fingerprint density at radius 3 is 2.23 bits per heavy atom. The van der Waals surface area contributed by atoms with Crippen LogP contribution < -0.4 is 10.6 Å². The third-order valence-electron chi connectivity index (χ3n) is 4.91. The van der Waals surface area contributed by atoms with Gasteiger partial charge in [-0.1, -0.05) is 54.6 Å². The van der Waals surface area contributed by atoms with E-state index in [0.717, 1.165) is 51.9 Å². The van der Waals surface area contributed by atoms with Crippen molar-refractivity contribution in [3.05, 3.63) is 71.3 Å². The molecule has 0 amide bonds. The molecule has 2 aromatic rings. The molecule has 3 rings (SSSR count). The van der Waals surface area contributed by atoms with Crippen LogP contribution >= 0.6 is 24.0 Å². The van der Waals surface area contributed by atoms with E-state index in [9.17, 15) is 0 Å². The lowest BCUT2D eigenvalue weighted by atomic mass is 10.1. The second-order valence-electron chi connectivity index (χ2n) is 7.10.